The van der Waals surface area contributed by atoms with Crippen LogP contribution in [0.1, 0.15) is 36.9 Å². The van der Waals surface area contributed by atoms with Crippen molar-refractivity contribution in [2.75, 3.05) is 23.4 Å². The molecule has 32 heavy (non-hydrogen) atoms. The first-order valence-electron chi connectivity index (χ1n) is 10.6. The fourth-order valence-corrected chi connectivity index (χ4v) is 5.34. The van der Waals surface area contributed by atoms with Gasteiger partial charge in [-0.05, 0) is 44.5 Å². The number of aromatic nitrogens is 2. The number of halogens is 1. The van der Waals surface area contributed by atoms with Crippen LogP contribution in [0.3, 0.4) is 0 Å². The highest BCUT2D eigenvalue weighted by molar-refractivity contribution is 7.16. The topological polar surface area (TPSA) is 92.5 Å². The van der Waals surface area contributed by atoms with Crippen molar-refractivity contribution in [2.24, 2.45) is 0 Å². The molecule has 0 bridgehead atoms. The minimum atomic E-state index is -0.292. The van der Waals surface area contributed by atoms with Crippen LogP contribution >= 0.6 is 11.3 Å². The van der Waals surface area contributed by atoms with Gasteiger partial charge in [0.1, 0.15) is 5.82 Å². The molecule has 2 aromatic heterocycles. The molecule has 10 heteroatoms. The van der Waals surface area contributed by atoms with E-state index in [2.05, 4.69) is 39.5 Å². The Hall–Kier alpha value is -2.98. The molecule has 168 valence electrons. The molecule has 0 aliphatic carbocycles. The fraction of sp³-hybridized carbons (Fsp3) is 0.409. The molecule has 5 rings (SSSR count). The number of amides is 2. The first-order valence-corrected chi connectivity index (χ1v) is 11.5. The van der Waals surface area contributed by atoms with Gasteiger partial charge in [0.15, 0.2) is 16.7 Å². The fourth-order valence-electron chi connectivity index (χ4n) is 4.30. The number of carbonyl (C=O) groups is 1. The zero-order valence-corrected chi connectivity index (χ0v) is 18.6. The number of anilines is 2. The van der Waals surface area contributed by atoms with E-state index in [1.165, 1.54) is 23.5 Å². The number of rotatable bonds is 4. The lowest BCUT2D eigenvalue weighted by Crippen LogP contribution is -2.40. The van der Waals surface area contributed by atoms with Gasteiger partial charge in [0.05, 0.1) is 29.3 Å². The molecule has 2 aliphatic rings. The number of hydrogen-bond donors (Lipinski definition) is 2. The molecule has 0 unspecified atom stereocenters. The average molecular weight is 458 g/mol. The first-order chi connectivity index (χ1) is 15.5. The Bertz CT molecular complexity index is 1110. The second-order valence-electron chi connectivity index (χ2n) is 8.18. The number of nitrogens with zero attached hydrogens (tertiary/aromatic N) is 3. The van der Waals surface area contributed by atoms with Crippen LogP contribution < -0.4 is 15.5 Å². The third kappa shape index (κ3) is 4.07. The van der Waals surface area contributed by atoms with E-state index in [9.17, 15) is 9.18 Å². The predicted molar refractivity (Wildman–Crippen MR) is 119 cm³/mol. The van der Waals surface area contributed by atoms with E-state index < -0.39 is 0 Å². The van der Waals surface area contributed by atoms with Crippen molar-refractivity contribution in [2.45, 2.75) is 44.8 Å². The Morgan fingerprint density at radius 3 is 2.84 bits per heavy atom. The van der Waals surface area contributed by atoms with Crippen molar-refractivity contribution in [3.05, 3.63) is 46.7 Å². The zero-order chi connectivity index (χ0) is 22.2. The smallest absolute Gasteiger partial charge is 0.321 e. The monoisotopic (exact) mass is 457 g/mol. The minimum absolute atomic E-state index is 0.0132. The number of carbonyl (C=O) groups excluding carboxylic acids is 1. The third-order valence-electron chi connectivity index (χ3n) is 5.86. The van der Waals surface area contributed by atoms with Gasteiger partial charge in [0.25, 0.3) is 0 Å². The number of hydrogen-bond acceptors (Lipinski definition) is 7. The lowest BCUT2D eigenvalue weighted by molar-refractivity contribution is 0.189. The molecule has 4 heterocycles. The maximum atomic E-state index is 13.2. The van der Waals surface area contributed by atoms with E-state index in [0.717, 1.165) is 34.8 Å². The van der Waals surface area contributed by atoms with Crippen LogP contribution in [0.4, 0.5) is 20.1 Å². The van der Waals surface area contributed by atoms with Crippen LogP contribution in [0.2, 0.25) is 0 Å². The highest BCUT2D eigenvalue weighted by atomic mass is 32.1. The van der Waals surface area contributed by atoms with Crippen LogP contribution in [-0.4, -0.2) is 41.5 Å². The molecular formula is C22H24FN5O3S. The van der Waals surface area contributed by atoms with E-state index in [0.29, 0.717) is 24.1 Å². The molecule has 1 aromatic carbocycles. The van der Waals surface area contributed by atoms with Gasteiger partial charge < -0.3 is 19.5 Å². The molecule has 2 amide bonds. The summed E-state index contributed by atoms with van der Waals surface area (Å²) in [5.74, 6) is 1.01. The Labute approximate surface area is 188 Å². The molecular weight excluding hydrogens is 433 g/mol. The number of nitrogens with one attached hydrogen (secondary N) is 2. The summed E-state index contributed by atoms with van der Waals surface area (Å²) in [5, 5.41) is 10.6. The van der Waals surface area contributed by atoms with E-state index in [-0.39, 0.29) is 30.0 Å². The lowest BCUT2D eigenvalue weighted by Gasteiger charge is -2.37. The van der Waals surface area contributed by atoms with Crippen LogP contribution in [0.15, 0.2) is 34.9 Å². The Morgan fingerprint density at radius 2 is 2.09 bits per heavy atom. The van der Waals surface area contributed by atoms with Gasteiger partial charge in [-0.15, -0.1) is 0 Å². The van der Waals surface area contributed by atoms with Gasteiger partial charge in [-0.25, -0.2) is 14.2 Å². The third-order valence-corrected chi connectivity index (χ3v) is 7.05. The van der Waals surface area contributed by atoms with Crippen LogP contribution in [0, 0.1) is 5.82 Å². The highest BCUT2D eigenvalue weighted by Gasteiger charge is 2.34. The molecule has 3 aromatic rings. The Kier molecular flexibility index (Phi) is 5.56. The molecule has 2 aliphatic heterocycles. The van der Waals surface area contributed by atoms with Gasteiger partial charge in [-0.2, -0.15) is 0 Å². The maximum absolute atomic E-state index is 13.2. The van der Waals surface area contributed by atoms with Crippen molar-refractivity contribution in [1.29, 1.82) is 0 Å². The van der Waals surface area contributed by atoms with E-state index in [1.807, 2.05) is 6.07 Å². The summed E-state index contributed by atoms with van der Waals surface area (Å²) in [6.45, 7) is 5.43. The van der Waals surface area contributed by atoms with E-state index >= 15 is 0 Å². The summed E-state index contributed by atoms with van der Waals surface area (Å²) in [5.41, 5.74) is 1.76. The summed E-state index contributed by atoms with van der Waals surface area (Å²) in [7, 11) is 0. The van der Waals surface area contributed by atoms with E-state index in [1.54, 1.807) is 12.1 Å². The molecule has 8 nitrogen and oxygen atoms in total. The average Bonchev–Trinajstić information content (AvgIpc) is 3.50. The zero-order valence-electron chi connectivity index (χ0n) is 17.8. The largest absolute Gasteiger partial charge is 0.379 e. The minimum Gasteiger partial charge on any atom is -0.379 e. The number of fused-ring (bicyclic) bond motifs is 1. The summed E-state index contributed by atoms with van der Waals surface area (Å²) in [4.78, 5) is 20.3. The molecule has 0 radical (unpaired) electrons. The predicted octanol–water partition coefficient (Wildman–Crippen LogP) is 4.36. The standard InChI is InChI=1S/C22H24FN5O3S/c1-12-9-17-20(32-22(25-17)26-21(29)24-16-7-8-30-11-16)13(2)28(12)19-10-18(31-27-19)14-3-5-15(23)6-4-14/h3-6,10,12-13,16H,7-9,11H2,1-2H3,(H2,24,25,26,29)/t12-,13+,16-/m1/s1. The molecule has 0 spiro atoms. The highest BCUT2D eigenvalue weighted by Crippen LogP contribution is 2.41. The van der Waals surface area contributed by atoms with Crippen molar-refractivity contribution in [1.82, 2.24) is 15.5 Å². The molecule has 1 fully saturated rings. The molecule has 2 N–H and O–H groups in total. The van der Waals surface area contributed by atoms with Crippen LogP contribution in [-0.2, 0) is 11.2 Å². The molecule has 0 saturated carbocycles. The second kappa shape index (κ2) is 8.51. The van der Waals surface area contributed by atoms with Gasteiger partial charge in [0.2, 0.25) is 0 Å². The first kappa shape index (κ1) is 20.9. The summed E-state index contributed by atoms with van der Waals surface area (Å²) < 4.78 is 24.1. The van der Waals surface area contributed by atoms with Crippen molar-refractivity contribution < 1.29 is 18.4 Å². The maximum Gasteiger partial charge on any atom is 0.321 e. The van der Waals surface area contributed by atoms with E-state index in [4.69, 9.17) is 9.26 Å². The summed E-state index contributed by atoms with van der Waals surface area (Å²) in [6, 6.07) is 7.96. The van der Waals surface area contributed by atoms with Crippen molar-refractivity contribution in [3.63, 3.8) is 0 Å². The van der Waals surface area contributed by atoms with Gasteiger partial charge in [-0.3, -0.25) is 5.32 Å². The summed E-state index contributed by atoms with van der Waals surface area (Å²) in [6.07, 6.45) is 1.55. The Balaban J connectivity index is 1.32. The van der Waals surface area contributed by atoms with Gasteiger partial charge in [-0.1, -0.05) is 16.5 Å². The molecule has 3 atom stereocenters. The Morgan fingerprint density at radius 1 is 1.28 bits per heavy atom. The normalized spacial score (nSPS) is 22.6. The van der Waals surface area contributed by atoms with Crippen LogP contribution in [0.25, 0.3) is 11.3 Å². The quantitative estimate of drug-likeness (QED) is 0.605. The van der Waals surface area contributed by atoms with Gasteiger partial charge in [0, 0.05) is 30.7 Å². The second-order valence-corrected chi connectivity index (χ2v) is 9.21. The summed E-state index contributed by atoms with van der Waals surface area (Å²) >= 11 is 1.48. The van der Waals surface area contributed by atoms with Crippen molar-refractivity contribution >= 4 is 28.3 Å². The lowest BCUT2D eigenvalue weighted by atomic mass is 10.00. The SMILES string of the molecule is C[C@@H]1Cc2nc(NC(=O)N[C@@H]3CCOC3)sc2[C@H](C)N1c1cc(-c2ccc(F)cc2)on1. The number of thiazole rings is 1. The number of urea groups is 1. The van der Waals surface area contributed by atoms with Crippen LogP contribution in [0.5, 0.6) is 0 Å². The number of ether oxygens (including phenoxy) is 1. The van der Waals surface area contributed by atoms with Crippen molar-refractivity contribution in [3.8, 4) is 11.3 Å². The molecule has 1 saturated heterocycles. The number of benzene rings is 1. The van der Waals surface area contributed by atoms with Gasteiger partial charge >= 0.3 is 6.03 Å².